The van der Waals surface area contributed by atoms with Gasteiger partial charge in [-0.15, -0.1) is 11.8 Å². The Morgan fingerprint density at radius 3 is 2.72 bits per heavy atom. The Kier molecular flexibility index (Phi) is 5.18. The van der Waals surface area contributed by atoms with Crippen molar-refractivity contribution in [1.82, 2.24) is 0 Å². The molecule has 1 atom stereocenters. The fourth-order valence-corrected chi connectivity index (χ4v) is 3.48. The molecule has 2 aromatic rings. The molecular weight excluding hydrogens is 350 g/mol. The Balaban J connectivity index is 1.67. The number of fused-ring (bicyclic) bond motifs is 1. The van der Waals surface area contributed by atoms with Crippen LogP contribution in [0.3, 0.4) is 0 Å². The molecule has 0 spiro atoms. The van der Waals surface area contributed by atoms with Crippen LogP contribution in [-0.2, 0) is 9.59 Å². The van der Waals surface area contributed by atoms with Crippen LogP contribution in [0.2, 0.25) is 0 Å². The molecule has 0 aromatic heterocycles. The smallest absolute Gasteiger partial charge is 0.387 e. The lowest BCUT2D eigenvalue weighted by molar-refractivity contribution is -0.120. The lowest BCUT2D eigenvalue weighted by Gasteiger charge is -2.23. The lowest BCUT2D eigenvalue weighted by Crippen LogP contribution is -2.32. The number of para-hydroxylation sites is 3. The summed E-state index contributed by atoms with van der Waals surface area (Å²) in [6, 6.07) is 13.2. The first-order valence-electron chi connectivity index (χ1n) is 7.43. The quantitative estimate of drug-likeness (QED) is 0.848. The Hall–Kier alpha value is -2.61. The van der Waals surface area contributed by atoms with Crippen molar-refractivity contribution in [2.75, 3.05) is 10.6 Å². The predicted molar refractivity (Wildman–Crippen MR) is 91.0 cm³/mol. The molecule has 1 heterocycles. The van der Waals surface area contributed by atoms with E-state index in [2.05, 4.69) is 15.4 Å². The SMILES string of the molecule is O=C(C[C@@H]1Sc2ccccc2NC1=O)Nc1ccccc1OC(F)F. The van der Waals surface area contributed by atoms with Gasteiger partial charge < -0.3 is 15.4 Å². The van der Waals surface area contributed by atoms with Crippen LogP contribution < -0.4 is 15.4 Å². The maximum Gasteiger partial charge on any atom is 0.387 e. The molecule has 2 amide bonds. The van der Waals surface area contributed by atoms with Crippen molar-refractivity contribution in [3.63, 3.8) is 0 Å². The average Bonchev–Trinajstić information content (AvgIpc) is 2.57. The van der Waals surface area contributed by atoms with E-state index in [4.69, 9.17) is 0 Å². The molecule has 0 bridgehead atoms. The summed E-state index contributed by atoms with van der Waals surface area (Å²) in [5.74, 6) is -0.856. The molecule has 0 aliphatic carbocycles. The van der Waals surface area contributed by atoms with Gasteiger partial charge in [0.15, 0.2) is 0 Å². The van der Waals surface area contributed by atoms with Gasteiger partial charge in [0.05, 0.1) is 16.6 Å². The number of hydrogen-bond acceptors (Lipinski definition) is 4. The normalized spacial score (nSPS) is 16.1. The first-order chi connectivity index (χ1) is 12.0. The highest BCUT2D eigenvalue weighted by Gasteiger charge is 2.29. The number of anilines is 2. The molecule has 5 nitrogen and oxygen atoms in total. The summed E-state index contributed by atoms with van der Waals surface area (Å²) < 4.78 is 29.2. The number of nitrogens with one attached hydrogen (secondary N) is 2. The van der Waals surface area contributed by atoms with E-state index in [0.717, 1.165) is 4.90 Å². The van der Waals surface area contributed by atoms with Crippen LogP contribution in [0.1, 0.15) is 6.42 Å². The first-order valence-corrected chi connectivity index (χ1v) is 8.31. The van der Waals surface area contributed by atoms with E-state index in [9.17, 15) is 18.4 Å². The van der Waals surface area contributed by atoms with Crippen molar-refractivity contribution in [2.24, 2.45) is 0 Å². The Bertz CT molecular complexity index is 801. The number of ether oxygens (including phenoxy) is 1. The number of hydrogen-bond donors (Lipinski definition) is 2. The van der Waals surface area contributed by atoms with Crippen molar-refractivity contribution in [3.8, 4) is 5.75 Å². The molecule has 8 heteroatoms. The van der Waals surface area contributed by atoms with Gasteiger partial charge in [0.25, 0.3) is 0 Å². The van der Waals surface area contributed by atoms with Gasteiger partial charge in [-0.1, -0.05) is 24.3 Å². The summed E-state index contributed by atoms with van der Waals surface area (Å²) in [5.41, 5.74) is 0.847. The van der Waals surface area contributed by atoms with Gasteiger partial charge in [-0.3, -0.25) is 9.59 Å². The second-order valence-electron chi connectivity index (χ2n) is 5.22. The number of rotatable bonds is 5. The third kappa shape index (κ3) is 4.27. The summed E-state index contributed by atoms with van der Waals surface area (Å²) in [6.07, 6.45) is -0.0894. The summed E-state index contributed by atoms with van der Waals surface area (Å²) in [5, 5.41) is 4.67. The average molecular weight is 364 g/mol. The van der Waals surface area contributed by atoms with Crippen molar-refractivity contribution in [3.05, 3.63) is 48.5 Å². The molecule has 0 fully saturated rings. The molecule has 2 N–H and O–H groups in total. The molecule has 2 aromatic carbocycles. The summed E-state index contributed by atoms with van der Waals surface area (Å²) >= 11 is 1.29. The van der Waals surface area contributed by atoms with E-state index in [-0.39, 0.29) is 23.8 Å². The van der Waals surface area contributed by atoms with Gasteiger partial charge in [0, 0.05) is 11.3 Å². The number of benzene rings is 2. The van der Waals surface area contributed by atoms with Crippen LogP contribution in [0, 0.1) is 0 Å². The number of amides is 2. The van der Waals surface area contributed by atoms with Crippen LogP contribution in [-0.4, -0.2) is 23.7 Å². The van der Waals surface area contributed by atoms with Crippen molar-refractivity contribution in [1.29, 1.82) is 0 Å². The molecule has 130 valence electrons. The number of carbonyl (C=O) groups excluding carboxylic acids is 2. The third-order valence-corrected chi connectivity index (χ3v) is 4.73. The Morgan fingerprint density at radius 2 is 1.92 bits per heavy atom. The van der Waals surface area contributed by atoms with Gasteiger partial charge in [-0.2, -0.15) is 8.78 Å². The molecule has 1 aliphatic rings. The minimum Gasteiger partial charge on any atom is -0.433 e. The highest BCUT2D eigenvalue weighted by molar-refractivity contribution is 8.01. The maximum atomic E-state index is 12.4. The van der Waals surface area contributed by atoms with Gasteiger partial charge in [0.2, 0.25) is 11.8 Å². The Morgan fingerprint density at radius 1 is 1.20 bits per heavy atom. The zero-order chi connectivity index (χ0) is 17.8. The second kappa shape index (κ2) is 7.52. The van der Waals surface area contributed by atoms with Crippen molar-refractivity contribution in [2.45, 2.75) is 23.2 Å². The Labute approximate surface area is 146 Å². The van der Waals surface area contributed by atoms with Crippen LogP contribution >= 0.6 is 11.8 Å². The van der Waals surface area contributed by atoms with E-state index in [0.29, 0.717) is 5.69 Å². The minimum absolute atomic E-state index is 0.0894. The molecule has 25 heavy (non-hydrogen) atoms. The molecule has 0 radical (unpaired) electrons. The van der Waals surface area contributed by atoms with Crippen LogP contribution in [0.4, 0.5) is 20.2 Å². The highest BCUT2D eigenvalue weighted by Crippen LogP contribution is 2.37. The fourth-order valence-electron chi connectivity index (χ4n) is 2.37. The lowest BCUT2D eigenvalue weighted by atomic mass is 10.2. The van der Waals surface area contributed by atoms with Crippen molar-refractivity contribution < 1.29 is 23.1 Å². The van der Waals surface area contributed by atoms with E-state index < -0.39 is 17.8 Å². The standard InChI is InChI=1S/C17H14F2N2O3S/c18-17(19)24-12-7-3-1-5-10(12)20-15(22)9-14-16(23)21-11-6-2-4-8-13(11)25-14/h1-8,14,17H,9H2,(H,20,22)(H,21,23)/t14-/m0/s1. The number of carbonyl (C=O) groups is 2. The van der Waals surface area contributed by atoms with Crippen LogP contribution in [0.15, 0.2) is 53.4 Å². The molecule has 0 saturated carbocycles. The first kappa shape index (κ1) is 17.2. The third-order valence-electron chi connectivity index (χ3n) is 3.45. The van der Waals surface area contributed by atoms with E-state index in [1.54, 1.807) is 12.1 Å². The van der Waals surface area contributed by atoms with Gasteiger partial charge in [-0.05, 0) is 24.3 Å². The van der Waals surface area contributed by atoms with E-state index in [1.807, 2.05) is 18.2 Å². The maximum absolute atomic E-state index is 12.4. The highest BCUT2D eigenvalue weighted by atomic mass is 32.2. The topological polar surface area (TPSA) is 67.4 Å². The summed E-state index contributed by atoms with van der Waals surface area (Å²) in [4.78, 5) is 25.2. The predicted octanol–water partition coefficient (Wildman–Crippen LogP) is 3.73. The molecule has 0 saturated heterocycles. The number of halogens is 2. The van der Waals surface area contributed by atoms with Crippen LogP contribution in [0.25, 0.3) is 0 Å². The monoisotopic (exact) mass is 364 g/mol. The largest absolute Gasteiger partial charge is 0.433 e. The van der Waals surface area contributed by atoms with Gasteiger partial charge in [0.1, 0.15) is 5.75 Å². The van der Waals surface area contributed by atoms with E-state index >= 15 is 0 Å². The molecule has 0 unspecified atom stereocenters. The van der Waals surface area contributed by atoms with Crippen LogP contribution in [0.5, 0.6) is 5.75 Å². The second-order valence-corrected chi connectivity index (χ2v) is 6.46. The zero-order valence-electron chi connectivity index (χ0n) is 12.9. The van der Waals surface area contributed by atoms with E-state index in [1.165, 1.54) is 30.0 Å². The fraction of sp³-hybridized carbons (Fsp3) is 0.176. The van der Waals surface area contributed by atoms with Gasteiger partial charge >= 0.3 is 6.61 Å². The van der Waals surface area contributed by atoms with Gasteiger partial charge in [-0.25, -0.2) is 0 Å². The molecular formula is C17H14F2N2O3S. The number of thioether (sulfide) groups is 1. The molecule has 3 rings (SSSR count). The van der Waals surface area contributed by atoms with Crippen molar-refractivity contribution >= 4 is 35.0 Å². The number of alkyl halides is 2. The summed E-state index contributed by atoms with van der Waals surface area (Å²) in [6.45, 7) is -2.99. The minimum atomic E-state index is -2.99. The zero-order valence-corrected chi connectivity index (χ0v) is 13.7. The summed E-state index contributed by atoms with van der Waals surface area (Å²) in [7, 11) is 0. The molecule has 1 aliphatic heterocycles.